The molecule has 2 aromatic carbocycles. The van der Waals surface area contributed by atoms with Crippen LogP contribution >= 0.6 is 0 Å². The van der Waals surface area contributed by atoms with Gasteiger partial charge in [0.2, 0.25) is 0 Å². The summed E-state index contributed by atoms with van der Waals surface area (Å²) in [6.07, 6.45) is 1.67. The number of rotatable bonds is 5. The normalized spacial score (nSPS) is 17.5. The maximum Gasteiger partial charge on any atom is 0.252 e. The Kier molecular flexibility index (Phi) is 4.93. The minimum Gasteiger partial charge on any atom is -0.368 e. The van der Waals surface area contributed by atoms with E-state index in [1.165, 1.54) is 6.07 Å². The van der Waals surface area contributed by atoms with E-state index in [9.17, 15) is 9.18 Å². The van der Waals surface area contributed by atoms with Crippen LogP contribution in [0.4, 0.5) is 10.1 Å². The highest BCUT2D eigenvalue weighted by Gasteiger charge is 2.47. The Morgan fingerprint density at radius 2 is 1.88 bits per heavy atom. The Labute approximate surface area is 188 Å². The minimum atomic E-state index is -0.463. The van der Waals surface area contributed by atoms with Crippen LogP contribution in [0.15, 0.2) is 42.5 Å². The van der Waals surface area contributed by atoms with Gasteiger partial charge in [-0.3, -0.25) is 9.78 Å². The molecule has 0 unspecified atom stereocenters. The molecule has 0 spiro atoms. The van der Waals surface area contributed by atoms with Crippen LogP contribution in [0, 0.1) is 19.7 Å². The summed E-state index contributed by atoms with van der Waals surface area (Å²) in [5, 5.41) is 4.05. The summed E-state index contributed by atoms with van der Waals surface area (Å²) in [5.41, 5.74) is 4.35. The van der Waals surface area contributed by atoms with E-state index in [2.05, 4.69) is 40.3 Å². The van der Waals surface area contributed by atoms with Gasteiger partial charge in [-0.15, -0.1) is 0 Å². The molecule has 5 rings (SSSR count). The number of hydrogen-bond acceptors (Lipinski definition) is 4. The highest BCUT2D eigenvalue weighted by atomic mass is 19.1. The fourth-order valence-electron chi connectivity index (χ4n) is 4.61. The van der Waals surface area contributed by atoms with Crippen LogP contribution in [0.3, 0.4) is 0 Å². The first kappa shape index (κ1) is 20.9. The molecule has 2 heterocycles. The van der Waals surface area contributed by atoms with Gasteiger partial charge in [0, 0.05) is 41.5 Å². The number of fused-ring (bicyclic) bond motifs is 1. The molecule has 166 valence electrons. The summed E-state index contributed by atoms with van der Waals surface area (Å²) in [5.74, 6) is -0.409. The lowest BCUT2D eigenvalue weighted by atomic mass is 9.97. The summed E-state index contributed by atoms with van der Waals surface area (Å²) in [6.45, 7) is 5.76. The van der Waals surface area contributed by atoms with Gasteiger partial charge in [0.25, 0.3) is 5.91 Å². The summed E-state index contributed by atoms with van der Waals surface area (Å²) < 4.78 is 14.4. The van der Waals surface area contributed by atoms with Crippen molar-refractivity contribution in [3.05, 3.63) is 70.7 Å². The van der Waals surface area contributed by atoms with E-state index in [4.69, 9.17) is 0 Å². The van der Waals surface area contributed by atoms with Crippen LogP contribution in [0.2, 0.25) is 0 Å². The lowest BCUT2D eigenvalue weighted by molar-refractivity contribution is 0.0930. The number of nitrogens with one attached hydrogen (secondary N) is 1. The number of hydrogen-bond donors (Lipinski definition) is 1. The largest absolute Gasteiger partial charge is 0.368 e. The van der Waals surface area contributed by atoms with Gasteiger partial charge in [-0.1, -0.05) is 18.2 Å². The molecule has 32 heavy (non-hydrogen) atoms. The third-order valence-electron chi connectivity index (χ3n) is 6.99. The standard InChI is InChI=1S/C26H29FN4O/c1-16-5-7-18(31-14-19(15-31)30(3)4)13-21(16)25(32)29-26(11-12-26)22-9-10-23(27)24-20(22)8-6-17(2)28-24/h5-10,13,19H,11-12,14-15H2,1-4H3,(H,29,32). The fraction of sp³-hybridized carbons (Fsp3) is 0.385. The summed E-state index contributed by atoms with van der Waals surface area (Å²) in [4.78, 5) is 22.3. The topological polar surface area (TPSA) is 48.5 Å². The molecule has 0 bridgehead atoms. The fourth-order valence-corrected chi connectivity index (χ4v) is 4.61. The maximum atomic E-state index is 14.4. The van der Waals surface area contributed by atoms with E-state index in [1.54, 1.807) is 6.07 Å². The van der Waals surface area contributed by atoms with Crippen molar-refractivity contribution < 1.29 is 9.18 Å². The van der Waals surface area contributed by atoms with Crippen LogP contribution in [0.25, 0.3) is 10.9 Å². The van der Waals surface area contributed by atoms with Gasteiger partial charge in [0.1, 0.15) is 11.3 Å². The van der Waals surface area contributed by atoms with E-state index in [0.29, 0.717) is 17.1 Å². The molecular formula is C26H29FN4O. The average Bonchev–Trinajstić information content (AvgIpc) is 3.48. The van der Waals surface area contributed by atoms with Gasteiger partial charge >= 0.3 is 0 Å². The summed E-state index contributed by atoms with van der Waals surface area (Å²) in [6, 6.07) is 13.7. The Morgan fingerprint density at radius 1 is 1.12 bits per heavy atom. The monoisotopic (exact) mass is 432 g/mol. The van der Waals surface area contributed by atoms with Crippen molar-refractivity contribution in [2.45, 2.75) is 38.3 Å². The van der Waals surface area contributed by atoms with Crippen LogP contribution in [-0.4, -0.2) is 49.0 Å². The second-order valence-electron chi connectivity index (χ2n) is 9.50. The highest BCUT2D eigenvalue weighted by Crippen LogP contribution is 2.48. The van der Waals surface area contributed by atoms with Gasteiger partial charge in [-0.05, 0) is 76.2 Å². The van der Waals surface area contributed by atoms with Crippen LogP contribution < -0.4 is 10.2 Å². The molecule has 0 radical (unpaired) electrons. The number of aromatic nitrogens is 1. The van der Waals surface area contributed by atoms with Crippen molar-refractivity contribution in [3.8, 4) is 0 Å². The van der Waals surface area contributed by atoms with E-state index in [1.807, 2.05) is 38.1 Å². The second kappa shape index (κ2) is 7.55. The highest BCUT2D eigenvalue weighted by molar-refractivity contribution is 5.98. The van der Waals surface area contributed by atoms with Crippen molar-refractivity contribution in [2.75, 3.05) is 32.1 Å². The number of anilines is 1. The number of benzene rings is 2. The number of halogens is 1. The molecule has 5 nitrogen and oxygen atoms in total. The number of pyridine rings is 1. The Balaban J connectivity index is 1.42. The first-order chi connectivity index (χ1) is 15.3. The van der Waals surface area contributed by atoms with Crippen molar-refractivity contribution >= 4 is 22.5 Å². The van der Waals surface area contributed by atoms with Gasteiger partial charge in [-0.25, -0.2) is 4.39 Å². The zero-order valence-corrected chi connectivity index (χ0v) is 19.1. The number of carbonyl (C=O) groups excluding carboxylic acids is 1. The Morgan fingerprint density at radius 3 is 2.56 bits per heavy atom. The van der Waals surface area contributed by atoms with Gasteiger partial charge < -0.3 is 15.1 Å². The van der Waals surface area contributed by atoms with Crippen molar-refractivity contribution in [1.29, 1.82) is 0 Å². The third-order valence-corrected chi connectivity index (χ3v) is 6.99. The zero-order valence-electron chi connectivity index (χ0n) is 19.1. The first-order valence-corrected chi connectivity index (χ1v) is 11.2. The smallest absolute Gasteiger partial charge is 0.252 e. The Hall–Kier alpha value is -2.99. The van der Waals surface area contributed by atoms with Crippen molar-refractivity contribution in [1.82, 2.24) is 15.2 Å². The quantitative estimate of drug-likeness (QED) is 0.658. The Bertz CT molecular complexity index is 1210. The zero-order chi connectivity index (χ0) is 22.6. The maximum absolute atomic E-state index is 14.4. The predicted octanol–water partition coefficient (Wildman–Crippen LogP) is 4.16. The van der Waals surface area contributed by atoms with Gasteiger partial charge in [0.15, 0.2) is 0 Å². The van der Waals surface area contributed by atoms with Gasteiger partial charge in [0.05, 0.1) is 5.54 Å². The summed E-state index contributed by atoms with van der Waals surface area (Å²) in [7, 11) is 4.20. The van der Waals surface area contributed by atoms with Crippen LogP contribution in [-0.2, 0) is 5.54 Å². The molecule has 1 aromatic heterocycles. The van der Waals surface area contributed by atoms with Gasteiger partial charge in [-0.2, -0.15) is 0 Å². The first-order valence-electron chi connectivity index (χ1n) is 11.2. The molecule has 1 aliphatic carbocycles. The van der Waals surface area contributed by atoms with E-state index < -0.39 is 5.54 Å². The molecule has 1 N–H and O–H groups in total. The SMILES string of the molecule is Cc1ccc2c(C3(NC(=O)c4cc(N5CC(N(C)C)C5)ccc4C)CC3)ccc(F)c2n1. The van der Waals surface area contributed by atoms with E-state index in [-0.39, 0.29) is 11.7 Å². The lowest BCUT2D eigenvalue weighted by Gasteiger charge is -2.44. The number of carbonyl (C=O) groups is 1. The molecule has 2 aliphatic rings. The summed E-state index contributed by atoms with van der Waals surface area (Å²) >= 11 is 0. The number of amides is 1. The van der Waals surface area contributed by atoms with Crippen molar-refractivity contribution in [3.63, 3.8) is 0 Å². The second-order valence-corrected chi connectivity index (χ2v) is 9.50. The number of nitrogens with zero attached hydrogens (tertiary/aromatic N) is 3. The molecule has 6 heteroatoms. The van der Waals surface area contributed by atoms with E-state index in [0.717, 1.165) is 53.8 Å². The third kappa shape index (κ3) is 3.52. The molecule has 1 amide bonds. The molecule has 2 fully saturated rings. The molecule has 3 aromatic rings. The average molecular weight is 433 g/mol. The minimum absolute atomic E-state index is 0.0796. The van der Waals surface area contributed by atoms with Crippen LogP contribution in [0.5, 0.6) is 0 Å². The van der Waals surface area contributed by atoms with E-state index >= 15 is 0 Å². The lowest BCUT2D eigenvalue weighted by Crippen LogP contribution is -2.57. The van der Waals surface area contributed by atoms with Crippen LogP contribution in [0.1, 0.15) is 40.0 Å². The number of aryl methyl sites for hydroxylation is 2. The molecule has 1 saturated heterocycles. The molecule has 0 atom stereocenters. The number of likely N-dealkylation sites (N-methyl/N-ethyl adjacent to an activating group) is 1. The van der Waals surface area contributed by atoms with Crippen molar-refractivity contribution in [2.24, 2.45) is 0 Å². The molecule has 1 saturated carbocycles. The molecular weight excluding hydrogens is 403 g/mol. The predicted molar refractivity (Wildman–Crippen MR) is 126 cm³/mol. The molecule has 1 aliphatic heterocycles.